The molecule has 1 aromatic heterocycles. The Morgan fingerprint density at radius 3 is 2.67 bits per heavy atom. The van der Waals surface area contributed by atoms with Gasteiger partial charge >= 0.3 is 6.01 Å². The second-order valence-corrected chi connectivity index (χ2v) is 5.41. The van der Waals surface area contributed by atoms with Gasteiger partial charge in [-0.15, -0.1) is 5.10 Å². The highest BCUT2D eigenvalue weighted by atomic mass is 32.2. The van der Waals surface area contributed by atoms with E-state index in [-0.39, 0.29) is 17.7 Å². The standard InChI is InChI=1S/C10H12N4O3S/c1-7-12-13-10(17-7)14-18(15,16)6-8-4-2-3-5-9(8)11/h2-5H,6,11H2,1H3,(H,13,14). The maximum absolute atomic E-state index is 11.8. The largest absolute Gasteiger partial charge is 0.408 e. The van der Waals surface area contributed by atoms with E-state index in [9.17, 15) is 8.42 Å². The summed E-state index contributed by atoms with van der Waals surface area (Å²) in [4.78, 5) is 0. The maximum atomic E-state index is 11.8. The van der Waals surface area contributed by atoms with Gasteiger partial charge in [0.15, 0.2) is 0 Å². The monoisotopic (exact) mass is 268 g/mol. The molecule has 8 heteroatoms. The number of benzene rings is 1. The summed E-state index contributed by atoms with van der Waals surface area (Å²) < 4.78 is 30.8. The molecule has 0 saturated carbocycles. The van der Waals surface area contributed by atoms with Crippen molar-refractivity contribution in [1.82, 2.24) is 10.2 Å². The molecule has 0 atom stereocenters. The van der Waals surface area contributed by atoms with Crippen LogP contribution in [-0.4, -0.2) is 18.6 Å². The molecule has 7 nitrogen and oxygen atoms in total. The normalized spacial score (nSPS) is 11.4. The van der Waals surface area contributed by atoms with E-state index >= 15 is 0 Å². The Hall–Kier alpha value is -2.09. The van der Waals surface area contributed by atoms with E-state index < -0.39 is 10.0 Å². The van der Waals surface area contributed by atoms with E-state index in [0.717, 1.165) is 0 Å². The van der Waals surface area contributed by atoms with Gasteiger partial charge in [-0.3, -0.25) is 0 Å². The average Bonchev–Trinajstić information content (AvgIpc) is 2.66. The van der Waals surface area contributed by atoms with Crippen LogP contribution in [-0.2, 0) is 15.8 Å². The molecule has 0 amide bonds. The number of anilines is 2. The number of rotatable bonds is 4. The highest BCUT2D eigenvalue weighted by Crippen LogP contribution is 2.16. The first-order chi connectivity index (χ1) is 8.46. The highest BCUT2D eigenvalue weighted by molar-refractivity contribution is 7.91. The number of nitrogens with two attached hydrogens (primary N) is 1. The Morgan fingerprint density at radius 1 is 1.33 bits per heavy atom. The fourth-order valence-corrected chi connectivity index (χ4v) is 2.47. The lowest BCUT2D eigenvalue weighted by Gasteiger charge is -2.06. The molecular weight excluding hydrogens is 256 g/mol. The number of para-hydroxylation sites is 1. The smallest absolute Gasteiger partial charge is 0.329 e. The van der Waals surface area contributed by atoms with Crippen LogP contribution in [0.2, 0.25) is 0 Å². The Bertz CT molecular complexity index is 651. The summed E-state index contributed by atoms with van der Waals surface area (Å²) in [5.74, 6) is 0.0353. The fourth-order valence-electron chi connectivity index (χ4n) is 1.38. The Kier molecular flexibility index (Phi) is 3.19. The van der Waals surface area contributed by atoms with Crippen molar-refractivity contribution in [1.29, 1.82) is 0 Å². The zero-order valence-electron chi connectivity index (χ0n) is 9.62. The van der Waals surface area contributed by atoms with E-state index in [0.29, 0.717) is 11.3 Å². The lowest BCUT2D eigenvalue weighted by atomic mass is 10.2. The molecule has 2 rings (SSSR count). The molecule has 0 radical (unpaired) electrons. The van der Waals surface area contributed by atoms with Gasteiger partial charge in [0.25, 0.3) is 0 Å². The molecule has 0 saturated heterocycles. The zero-order chi connectivity index (χ0) is 13.2. The topological polar surface area (TPSA) is 111 Å². The molecule has 18 heavy (non-hydrogen) atoms. The van der Waals surface area contributed by atoms with Gasteiger partial charge in [-0.2, -0.15) is 0 Å². The van der Waals surface area contributed by atoms with Crippen LogP contribution in [0.1, 0.15) is 11.5 Å². The van der Waals surface area contributed by atoms with E-state index in [1.807, 2.05) is 0 Å². The van der Waals surface area contributed by atoms with Crippen molar-refractivity contribution in [2.45, 2.75) is 12.7 Å². The summed E-state index contributed by atoms with van der Waals surface area (Å²) >= 11 is 0. The Morgan fingerprint density at radius 2 is 2.06 bits per heavy atom. The van der Waals surface area contributed by atoms with Crippen LogP contribution in [0.3, 0.4) is 0 Å². The van der Waals surface area contributed by atoms with Crippen molar-refractivity contribution in [2.75, 3.05) is 10.5 Å². The third-order valence-corrected chi connectivity index (χ3v) is 3.35. The third kappa shape index (κ3) is 2.98. The Balaban J connectivity index is 2.15. The van der Waals surface area contributed by atoms with Crippen LogP contribution >= 0.6 is 0 Å². The first kappa shape index (κ1) is 12.4. The van der Waals surface area contributed by atoms with E-state index in [1.54, 1.807) is 31.2 Å². The van der Waals surface area contributed by atoms with Crippen molar-refractivity contribution in [2.24, 2.45) is 0 Å². The number of aryl methyl sites for hydroxylation is 1. The van der Waals surface area contributed by atoms with Gasteiger partial charge in [-0.1, -0.05) is 23.3 Å². The van der Waals surface area contributed by atoms with Gasteiger partial charge in [0.1, 0.15) is 0 Å². The summed E-state index contributed by atoms with van der Waals surface area (Å²) in [5.41, 5.74) is 6.62. The molecule has 0 aliphatic heterocycles. The summed E-state index contributed by atoms with van der Waals surface area (Å²) in [7, 11) is -3.62. The summed E-state index contributed by atoms with van der Waals surface area (Å²) in [6.07, 6.45) is 0. The van der Waals surface area contributed by atoms with Gasteiger partial charge in [-0.25, -0.2) is 13.1 Å². The van der Waals surface area contributed by atoms with Gasteiger partial charge in [0.05, 0.1) is 5.75 Å². The molecule has 96 valence electrons. The van der Waals surface area contributed by atoms with E-state index in [2.05, 4.69) is 14.9 Å². The minimum absolute atomic E-state index is 0.151. The first-order valence-electron chi connectivity index (χ1n) is 5.10. The zero-order valence-corrected chi connectivity index (χ0v) is 10.4. The second kappa shape index (κ2) is 4.65. The van der Waals surface area contributed by atoms with Gasteiger partial charge in [0, 0.05) is 12.6 Å². The quantitative estimate of drug-likeness (QED) is 0.797. The molecule has 0 fully saturated rings. The second-order valence-electron chi connectivity index (χ2n) is 3.69. The van der Waals surface area contributed by atoms with E-state index in [1.165, 1.54) is 0 Å². The van der Waals surface area contributed by atoms with E-state index in [4.69, 9.17) is 10.2 Å². The lowest BCUT2D eigenvalue weighted by Crippen LogP contribution is -2.16. The molecule has 1 aromatic carbocycles. The Labute approximate surface area is 104 Å². The van der Waals surface area contributed by atoms with Crippen molar-refractivity contribution < 1.29 is 12.8 Å². The van der Waals surface area contributed by atoms with Crippen LogP contribution in [0.4, 0.5) is 11.7 Å². The van der Waals surface area contributed by atoms with Crippen molar-refractivity contribution in [3.63, 3.8) is 0 Å². The number of hydrogen-bond acceptors (Lipinski definition) is 6. The molecule has 0 aliphatic rings. The van der Waals surface area contributed by atoms with Gasteiger partial charge in [0.2, 0.25) is 15.9 Å². The number of aromatic nitrogens is 2. The molecule has 0 unspecified atom stereocenters. The summed E-state index contributed by atoms with van der Waals surface area (Å²) in [5, 5.41) is 7.08. The van der Waals surface area contributed by atoms with Crippen molar-refractivity contribution in [3.8, 4) is 0 Å². The van der Waals surface area contributed by atoms with Crippen molar-refractivity contribution >= 4 is 21.7 Å². The predicted molar refractivity (Wildman–Crippen MR) is 66.1 cm³/mol. The molecule has 0 spiro atoms. The van der Waals surface area contributed by atoms with Crippen LogP contribution in [0, 0.1) is 6.92 Å². The molecule has 1 heterocycles. The van der Waals surface area contributed by atoms with Gasteiger partial charge in [-0.05, 0) is 11.6 Å². The number of nitrogen functional groups attached to an aromatic ring is 1. The number of nitrogens with zero attached hydrogens (tertiary/aromatic N) is 2. The molecule has 0 aliphatic carbocycles. The third-order valence-electron chi connectivity index (χ3n) is 2.17. The van der Waals surface area contributed by atoms with Crippen LogP contribution in [0.25, 0.3) is 0 Å². The minimum Gasteiger partial charge on any atom is -0.408 e. The highest BCUT2D eigenvalue weighted by Gasteiger charge is 2.16. The van der Waals surface area contributed by atoms with Crippen LogP contribution < -0.4 is 10.5 Å². The van der Waals surface area contributed by atoms with Crippen LogP contribution in [0.5, 0.6) is 0 Å². The number of nitrogens with one attached hydrogen (secondary N) is 1. The molecule has 3 N–H and O–H groups in total. The fraction of sp³-hybridized carbons (Fsp3) is 0.200. The number of sulfonamides is 1. The molecule has 0 bridgehead atoms. The SMILES string of the molecule is Cc1nnc(NS(=O)(=O)Cc2ccccc2N)o1. The molecular formula is C10H12N4O3S. The number of hydrogen-bond donors (Lipinski definition) is 2. The lowest BCUT2D eigenvalue weighted by molar-refractivity contribution is 0.534. The minimum atomic E-state index is -3.62. The van der Waals surface area contributed by atoms with Crippen LogP contribution in [0.15, 0.2) is 28.7 Å². The first-order valence-corrected chi connectivity index (χ1v) is 6.75. The van der Waals surface area contributed by atoms with Gasteiger partial charge < -0.3 is 10.2 Å². The predicted octanol–water partition coefficient (Wildman–Crippen LogP) is 0.902. The summed E-state index contributed by atoms with van der Waals surface area (Å²) in [6.45, 7) is 1.57. The summed E-state index contributed by atoms with van der Waals surface area (Å²) in [6, 6.07) is 6.59. The molecule has 2 aromatic rings. The average molecular weight is 268 g/mol. The van der Waals surface area contributed by atoms with Crippen molar-refractivity contribution in [3.05, 3.63) is 35.7 Å². The maximum Gasteiger partial charge on any atom is 0.329 e.